The van der Waals surface area contributed by atoms with E-state index in [1.54, 1.807) is 24.0 Å². The number of carbonyl (C=O) groups is 2. The minimum absolute atomic E-state index is 0.102. The lowest BCUT2D eigenvalue weighted by Gasteiger charge is -2.37. The average Bonchev–Trinajstić information content (AvgIpc) is 2.41. The van der Waals surface area contributed by atoms with E-state index in [9.17, 15) is 14.0 Å². The molecule has 1 aliphatic rings. The number of amides is 1. The van der Waals surface area contributed by atoms with E-state index in [4.69, 9.17) is 5.11 Å². The highest BCUT2D eigenvalue weighted by molar-refractivity contribution is 5.80. The Balaban J connectivity index is 2.04. The van der Waals surface area contributed by atoms with E-state index in [1.807, 2.05) is 0 Å². The number of carbonyl (C=O) groups excluding carboxylic acids is 1. The second kappa shape index (κ2) is 6.03. The molecule has 2 rings (SSSR count). The Bertz CT molecular complexity index is 500. The Kier molecular flexibility index (Phi) is 4.37. The summed E-state index contributed by atoms with van der Waals surface area (Å²) in [5, 5.41) is 9.15. The van der Waals surface area contributed by atoms with Crippen LogP contribution in [0.1, 0.15) is 25.3 Å². The Morgan fingerprint density at radius 2 is 2.00 bits per heavy atom. The van der Waals surface area contributed by atoms with Gasteiger partial charge in [0.05, 0.1) is 12.3 Å². The van der Waals surface area contributed by atoms with E-state index in [2.05, 4.69) is 0 Å². The van der Waals surface area contributed by atoms with Crippen molar-refractivity contribution in [2.45, 2.75) is 32.2 Å². The molecule has 1 N–H and O–H groups in total. The molecule has 0 saturated carbocycles. The van der Waals surface area contributed by atoms with Crippen LogP contribution in [0.15, 0.2) is 24.3 Å². The van der Waals surface area contributed by atoms with Gasteiger partial charge in [0.1, 0.15) is 5.82 Å². The van der Waals surface area contributed by atoms with Crippen molar-refractivity contribution in [3.05, 3.63) is 35.6 Å². The first-order valence-electron chi connectivity index (χ1n) is 6.75. The Hall–Kier alpha value is -1.91. The second-order valence-electron chi connectivity index (χ2n) is 5.22. The van der Waals surface area contributed by atoms with Crippen LogP contribution in [0, 0.1) is 11.7 Å². The molecule has 1 amide bonds. The lowest BCUT2D eigenvalue weighted by molar-refractivity contribution is -0.148. The number of likely N-dealkylation sites (tertiary alicyclic amines) is 1. The van der Waals surface area contributed by atoms with Crippen molar-refractivity contribution in [3.63, 3.8) is 0 Å². The first-order valence-corrected chi connectivity index (χ1v) is 6.75. The molecule has 4 nitrogen and oxygen atoms in total. The van der Waals surface area contributed by atoms with Crippen LogP contribution in [0.5, 0.6) is 0 Å². The van der Waals surface area contributed by atoms with Crippen LogP contribution in [-0.2, 0) is 16.0 Å². The van der Waals surface area contributed by atoms with E-state index < -0.39 is 11.9 Å². The highest BCUT2D eigenvalue weighted by Crippen LogP contribution is 2.24. The number of hydrogen-bond donors (Lipinski definition) is 1. The molecule has 1 aromatic rings. The number of piperidine rings is 1. The minimum Gasteiger partial charge on any atom is -0.481 e. The molecule has 1 fully saturated rings. The maximum atomic E-state index is 12.8. The normalized spacial score (nSPS) is 22.6. The molecular formula is C15H18FNO3. The van der Waals surface area contributed by atoms with Crippen LogP contribution in [0.2, 0.25) is 0 Å². The third-order valence-corrected chi connectivity index (χ3v) is 3.89. The molecular weight excluding hydrogens is 261 g/mol. The van der Waals surface area contributed by atoms with Crippen LogP contribution >= 0.6 is 0 Å². The summed E-state index contributed by atoms with van der Waals surface area (Å²) in [7, 11) is 0. The Morgan fingerprint density at radius 3 is 2.60 bits per heavy atom. The van der Waals surface area contributed by atoms with Gasteiger partial charge in [0, 0.05) is 12.6 Å². The van der Waals surface area contributed by atoms with Gasteiger partial charge in [0.2, 0.25) is 5.91 Å². The number of nitrogens with zero attached hydrogens (tertiary/aromatic N) is 1. The molecule has 0 aliphatic carbocycles. The van der Waals surface area contributed by atoms with Crippen LogP contribution in [0.3, 0.4) is 0 Å². The summed E-state index contributed by atoms with van der Waals surface area (Å²) in [6, 6.07) is 5.51. The third kappa shape index (κ3) is 3.15. The van der Waals surface area contributed by atoms with Crippen molar-refractivity contribution in [1.82, 2.24) is 4.90 Å². The van der Waals surface area contributed by atoms with Gasteiger partial charge in [-0.1, -0.05) is 12.1 Å². The van der Waals surface area contributed by atoms with Crippen molar-refractivity contribution >= 4 is 11.9 Å². The van der Waals surface area contributed by atoms with Crippen molar-refractivity contribution in [2.24, 2.45) is 5.92 Å². The summed E-state index contributed by atoms with van der Waals surface area (Å²) in [5.41, 5.74) is 0.737. The highest BCUT2D eigenvalue weighted by atomic mass is 19.1. The van der Waals surface area contributed by atoms with E-state index in [0.717, 1.165) is 5.56 Å². The van der Waals surface area contributed by atoms with Gasteiger partial charge in [-0.2, -0.15) is 0 Å². The van der Waals surface area contributed by atoms with Crippen molar-refractivity contribution in [1.29, 1.82) is 0 Å². The lowest BCUT2D eigenvalue weighted by Crippen LogP contribution is -2.49. The number of halogens is 1. The van der Waals surface area contributed by atoms with Gasteiger partial charge in [0.15, 0.2) is 0 Å². The molecule has 0 unspecified atom stereocenters. The summed E-state index contributed by atoms with van der Waals surface area (Å²) in [6.07, 6.45) is 1.49. The zero-order valence-corrected chi connectivity index (χ0v) is 11.4. The average molecular weight is 279 g/mol. The van der Waals surface area contributed by atoms with Crippen LogP contribution in [-0.4, -0.2) is 34.5 Å². The van der Waals surface area contributed by atoms with Gasteiger partial charge in [-0.05, 0) is 37.5 Å². The summed E-state index contributed by atoms with van der Waals surface area (Å²) in [6.45, 7) is 2.37. The zero-order valence-electron chi connectivity index (χ0n) is 11.4. The van der Waals surface area contributed by atoms with Gasteiger partial charge in [-0.15, -0.1) is 0 Å². The van der Waals surface area contributed by atoms with Crippen LogP contribution in [0.25, 0.3) is 0 Å². The predicted octanol–water partition coefficient (Wildman–Crippen LogP) is 2.08. The van der Waals surface area contributed by atoms with Crippen LogP contribution < -0.4 is 0 Å². The SMILES string of the molecule is C[C@@H]1[C@H](C(=O)O)CCCN1C(=O)Cc1ccc(F)cc1. The Morgan fingerprint density at radius 1 is 1.35 bits per heavy atom. The van der Waals surface area contributed by atoms with Gasteiger partial charge < -0.3 is 10.0 Å². The second-order valence-corrected chi connectivity index (χ2v) is 5.22. The Labute approximate surface area is 117 Å². The summed E-state index contributed by atoms with van der Waals surface area (Å²) in [5.74, 6) is -1.79. The molecule has 20 heavy (non-hydrogen) atoms. The molecule has 108 valence electrons. The number of hydrogen-bond acceptors (Lipinski definition) is 2. The monoisotopic (exact) mass is 279 g/mol. The third-order valence-electron chi connectivity index (χ3n) is 3.89. The molecule has 0 radical (unpaired) electrons. The van der Waals surface area contributed by atoms with Gasteiger partial charge in [-0.25, -0.2) is 4.39 Å². The first-order chi connectivity index (χ1) is 9.49. The molecule has 0 spiro atoms. The molecule has 0 bridgehead atoms. The lowest BCUT2D eigenvalue weighted by atomic mass is 9.90. The fraction of sp³-hybridized carbons (Fsp3) is 0.467. The standard InChI is InChI=1S/C15H18FNO3/c1-10-13(15(19)20)3-2-8-17(10)14(18)9-11-4-6-12(16)7-5-11/h4-7,10,13H,2-3,8-9H2,1H3,(H,19,20)/t10-,13-/m1/s1. The van der Waals surface area contributed by atoms with E-state index in [-0.39, 0.29) is 24.2 Å². The molecule has 0 aromatic heterocycles. The maximum Gasteiger partial charge on any atom is 0.308 e. The first kappa shape index (κ1) is 14.5. The van der Waals surface area contributed by atoms with Gasteiger partial charge >= 0.3 is 5.97 Å². The fourth-order valence-electron chi connectivity index (χ4n) is 2.70. The molecule has 2 atom stereocenters. The number of rotatable bonds is 3. The largest absolute Gasteiger partial charge is 0.481 e. The fourth-order valence-corrected chi connectivity index (χ4v) is 2.70. The molecule has 5 heteroatoms. The van der Waals surface area contributed by atoms with Crippen molar-refractivity contribution in [2.75, 3.05) is 6.54 Å². The predicted molar refractivity (Wildman–Crippen MR) is 71.6 cm³/mol. The maximum absolute atomic E-state index is 12.8. The highest BCUT2D eigenvalue weighted by Gasteiger charge is 2.35. The van der Waals surface area contributed by atoms with E-state index >= 15 is 0 Å². The number of carboxylic acids is 1. The molecule has 1 heterocycles. The number of aliphatic carboxylic acids is 1. The zero-order chi connectivity index (χ0) is 14.7. The smallest absolute Gasteiger partial charge is 0.308 e. The quantitative estimate of drug-likeness (QED) is 0.921. The summed E-state index contributed by atoms with van der Waals surface area (Å²) < 4.78 is 12.8. The minimum atomic E-state index is -0.850. The van der Waals surface area contributed by atoms with Gasteiger partial charge in [-0.3, -0.25) is 9.59 Å². The van der Waals surface area contributed by atoms with Gasteiger partial charge in [0.25, 0.3) is 0 Å². The molecule has 1 aliphatic heterocycles. The summed E-state index contributed by atoms with van der Waals surface area (Å²) in [4.78, 5) is 25.0. The molecule has 1 saturated heterocycles. The van der Waals surface area contributed by atoms with Crippen LogP contribution in [0.4, 0.5) is 4.39 Å². The number of carboxylic acid groups (broad SMARTS) is 1. The summed E-state index contributed by atoms with van der Waals surface area (Å²) >= 11 is 0. The van der Waals surface area contributed by atoms with E-state index in [1.165, 1.54) is 12.1 Å². The molecule has 1 aromatic carbocycles. The topological polar surface area (TPSA) is 57.6 Å². The van der Waals surface area contributed by atoms with E-state index in [0.29, 0.717) is 19.4 Å². The van der Waals surface area contributed by atoms with Crippen molar-refractivity contribution < 1.29 is 19.1 Å². The van der Waals surface area contributed by atoms with Crippen molar-refractivity contribution in [3.8, 4) is 0 Å². The number of benzene rings is 1.